The number of carboxylic acid groups (broad SMARTS) is 1. The zero-order valence-corrected chi connectivity index (χ0v) is 10.9. The number of carbonyl (C=O) groups is 2. The number of carbonyl (C=O) groups excluding carboxylic acids is 1. The molecule has 1 aromatic heterocycles. The van der Waals surface area contributed by atoms with Crippen LogP contribution in [-0.4, -0.2) is 45.2 Å². The molecular weight excluding hydrogens is 246 g/mol. The van der Waals surface area contributed by atoms with Crippen molar-refractivity contribution in [2.24, 2.45) is 5.92 Å². The molecule has 0 aliphatic carbocycles. The Morgan fingerprint density at radius 2 is 2.21 bits per heavy atom. The van der Waals surface area contributed by atoms with Crippen molar-refractivity contribution in [3.8, 4) is 0 Å². The topological polar surface area (TPSA) is 83.4 Å². The molecule has 1 saturated heterocycles. The molecule has 6 heteroatoms. The maximum absolute atomic E-state index is 11.3. The largest absolute Gasteiger partial charge is 0.476 e. The highest BCUT2D eigenvalue weighted by atomic mass is 16.4. The van der Waals surface area contributed by atoms with Crippen LogP contribution in [0, 0.1) is 5.92 Å². The average Bonchev–Trinajstić information content (AvgIpc) is 2.39. The second-order valence-electron chi connectivity index (χ2n) is 4.89. The summed E-state index contributed by atoms with van der Waals surface area (Å²) in [4.78, 5) is 23.9. The number of rotatable bonds is 3. The fourth-order valence-electron chi connectivity index (χ4n) is 2.40. The van der Waals surface area contributed by atoms with E-state index < -0.39 is 5.97 Å². The number of aromatic carboxylic acids is 1. The molecule has 0 saturated carbocycles. The predicted octanol–water partition coefficient (Wildman–Crippen LogP) is 0.976. The van der Waals surface area contributed by atoms with Gasteiger partial charge < -0.3 is 10.0 Å². The molecule has 0 radical (unpaired) electrons. The molecule has 2 rings (SSSR count). The number of piperidine rings is 1. The van der Waals surface area contributed by atoms with Gasteiger partial charge in [-0.25, -0.2) is 4.79 Å². The lowest BCUT2D eigenvalue weighted by atomic mass is 9.93. The van der Waals surface area contributed by atoms with Crippen molar-refractivity contribution in [2.75, 3.05) is 13.1 Å². The molecule has 0 bridgehead atoms. The fourth-order valence-corrected chi connectivity index (χ4v) is 2.40. The predicted molar refractivity (Wildman–Crippen MR) is 67.7 cm³/mol. The van der Waals surface area contributed by atoms with E-state index in [4.69, 9.17) is 5.11 Å². The molecule has 1 N–H and O–H groups in total. The van der Waals surface area contributed by atoms with Crippen molar-refractivity contribution in [3.63, 3.8) is 0 Å². The normalized spacial score (nSPS) is 19.2. The monoisotopic (exact) mass is 263 g/mol. The Kier molecular flexibility index (Phi) is 4.09. The summed E-state index contributed by atoms with van der Waals surface area (Å²) in [5, 5.41) is 16.3. The Balaban J connectivity index is 1.96. The molecule has 1 aliphatic heterocycles. The molecule has 1 atom stereocenters. The van der Waals surface area contributed by atoms with Crippen LogP contribution >= 0.6 is 0 Å². The van der Waals surface area contributed by atoms with Crippen LogP contribution in [0.4, 0.5) is 0 Å². The van der Waals surface area contributed by atoms with E-state index in [1.165, 1.54) is 6.07 Å². The third-order valence-corrected chi connectivity index (χ3v) is 3.40. The Hall–Kier alpha value is -1.98. The lowest BCUT2D eigenvalue weighted by Crippen LogP contribution is -2.39. The van der Waals surface area contributed by atoms with Gasteiger partial charge in [0.25, 0.3) is 0 Å². The van der Waals surface area contributed by atoms with E-state index in [0.717, 1.165) is 38.0 Å². The third kappa shape index (κ3) is 3.49. The van der Waals surface area contributed by atoms with Crippen molar-refractivity contribution >= 4 is 11.9 Å². The van der Waals surface area contributed by atoms with Gasteiger partial charge in [-0.05, 0) is 37.3 Å². The summed E-state index contributed by atoms with van der Waals surface area (Å²) in [6.07, 6.45) is 2.80. The molecule has 102 valence electrons. The molecule has 1 amide bonds. The third-order valence-electron chi connectivity index (χ3n) is 3.40. The molecule has 19 heavy (non-hydrogen) atoms. The van der Waals surface area contributed by atoms with Gasteiger partial charge in [0.15, 0.2) is 5.69 Å². The molecule has 2 heterocycles. The summed E-state index contributed by atoms with van der Waals surface area (Å²) in [6.45, 7) is 3.16. The average molecular weight is 263 g/mol. The highest BCUT2D eigenvalue weighted by molar-refractivity contribution is 5.84. The van der Waals surface area contributed by atoms with Crippen LogP contribution in [0.5, 0.6) is 0 Å². The van der Waals surface area contributed by atoms with Gasteiger partial charge in [0.1, 0.15) is 0 Å². The van der Waals surface area contributed by atoms with Gasteiger partial charge in [-0.2, -0.15) is 5.10 Å². The first-order valence-electron chi connectivity index (χ1n) is 6.37. The molecule has 0 unspecified atom stereocenters. The zero-order valence-electron chi connectivity index (χ0n) is 10.9. The molecular formula is C13H17N3O3. The van der Waals surface area contributed by atoms with Gasteiger partial charge in [-0.3, -0.25) is 4.79 Å². The first-order chi connectivity index (χ1) is 9.06. The standard InChI is InChI=1S/C13H17N3O3/c1-9(17)16-6-2-3-10(8-16)7-11-4-5-12(13(18)19)15-14-11/h4-5,10H,2-3,6-8H2,1H3,(H,18,19)/t10-/m1/s1. The minimum atomic E-state index is -1.07. The summed E-state index contributed by atoms with van der Waals surface area (Å²) >= 11 is 0. The van der Waals surface area contributed by atoms with Crippen molar-refractivity contribution in [1.82, 2.24) is 15.1 Å². The lowest BCUT2D eigenvalue weighted by Gasteiger charge is -2.31. The Labute approximate surface area is 111 Å². The van der Waals surface area contributed by atoms with E-state index in [9.17, 15) is 9.59 Å². The molecule has 1 aromatic rings. The number of hydrogen-bond acceptors (Lipinski definition) is 4. The zero-order chi connectivity index (χ0) is 13.8. The smallest absolute Gasteiger partial charge is 0.356 e. The van der Waals surface area contributed by atoms with E-state index in [1.807, 2.05) is 4.90 Å². The fraction of sp³-hybridized carbons (Fsp3) is 0.538. The van der Waals surface area contributed by atoms with Crippen LogP contribution in [0.3, 0.4) is 0 Å². The van der Waals surface area contributed by atoms with E-state index in [2.05, 4.69) is 10.2 Å². The summed E-state index contributed by atoms with van der Waals surface area (Å²) < 4.78 is 0. The summed E-state index contributed by atoms with van der Waals surface area (Å²) in [6, 6.07) is 3.17. The Morgan fingerprint density at radius 1 is 1.42 bits per heavy atom. The Morgan fingerprint density at radius 3 is 2.79 bits per heavy atom. The van der Waals surface area contributed by atoms with E-state index in [0.29, 0.717) is 5.92 Å². The molecule has 1 fully saturated rings. The minimum absolute atomic E-state index is 0.0437. The Bertz CT molecular complexity index is 473. The maximum atomic E-state index is 11.3. The van der Waals surface area contributed by atoms with Gasteiger partial charge in [-0.1, -0.05) is 0 Å². The van der Waals surface area contributed by atoms with Crippen LogP contribution in [0.15, 0.2) is 12.1 Å². The van der Waals surface area contributed by atoms with Gasteiger partial charge >= 0.3 is 5.97 Å². The van der Waals surface area contributed by atoms with Crippen molar-refractivity contribution in [3.05, 3.63) is 23.5 Å². The van der Waals surface area contributed by atoms with E-state index in [-0.39, 0.29) is 11.6 Å². The second-order valence-corrected chi connectivity index (χ2v) is 4.89. The number of aromatic nitrogens is 2. The van der Waals surface area contributed by atoms with Crippen LogP contribution < -0.4 is 0 Å². The summed E-state index contributed by atoms with van der Waals surface area (Å²) in [7, 11) is 0. The van der Waals surface area contributed by atoms with Crippen molar-refractivity contribution in [1.29, 1.82) is 0 Å². The highest BCUT2D eigenvalue weighted by Gasteiger charge is 2.22. The van der Waals surface area contributed by atoms with E-state index >= 15 is 0 Å². The van der Waals surface area contributed by atoms with E-state index in [1.54, 1.807) is 13.0 Å². The molecule has 0 aromatic carbocycles. The number of nitrogens with zero attached hydrogens (tertiary/aromatic N) is 3. The van der Waals surface area contributed by atoms with Crippen LogP contribution in [0.2, 0.25) is 0 Å². The van der Waals surface area contributed by atoms with Crippen LogP contribution in [0.25, 0.3) is 0 Å². The second kappa shape index (κ2) is 5.77. The molecule has 6 nitrogen and oxygen atoms in total. The number of likely N-dealkylation sites (tertiary alicyclic amines) is 1. The van der Waals surface area contributed by atoms with Gasteiger partial charge in [0.2, 0.25) is 5.91 Å². The van der Waals surface area contributed by atoms with Gasteiger partial charge in [0, 0.05) is 20.0 Å². The maximum Gasteiger partial charge on any atom is 0.356 e. The van der Waals surface area contributed by atoms with Gasteiger partial charge in [0.05, 0.1) is 5.69 Å². The molecule has 1 aliphatic rings. The summed E-state index contributed by atoms with van der Waals surface area (Å²) in [5.41, 5.74) is 0.734. The minimum Gasteiger partial charge on any atom is -0.476 e. The van der Waals surface area contributed by atoms with Crippen LogP contribution in [0.1, 0.15) is 35.9 Å². The van der Waals surface area contributed by atoms with Crippen molar-refractivity contribution < 1.29 is 14.7 Å². The SMILES string of the molecule is CC(=O)N1CCC[C@H](Cc2ccc(C(=O)O)nn2)C1. The summed E-state index contributed by atoms with van der Waals surface area (Å²) in [5.74, 6) is -0.584. The number of amides is 1. The first-order valence-corrected chi connectivity index (χ1v) is 6.37. The quantitative estimate of drug-likeness (QED) is 0.878. The highest BCUT2D eigenvalue weighted by Crippen LogP contribution is 2.20. The first kappa shape index (κ1) is 13.5. The molecule has 0 spiro atoms. The number of hydrogen-bond donors (Lipinski definition) is 1. The van der Waals surface area contributed by atoms with Crippen molar-refractivity contribution in [2.45, 2.75) is 26.2 Å². The van der Waals surface area contributed by atoms with Gasteiger partial charge in [-0.15, -0.1) is 5.10 Å². The lowest BCUT2D eigenvalue weighted by molar-refractivity contribution is -0.130. The van der Waals surface area contributed by atoms with Crippen LogP contribution in [-0.2, 0) is 11.2 Å². The number of carboxylic acids is 1.